The van der Waals surface area contributed by atoms with E-state index in [0.717, 1.165) is 5.92 Å². The topological polar surface area (TPSA) is 15.8 Å². The minimum Gasteiger partial charge on any atom is -0.361 e. The van der Waals surface area contributed by atoms with Crippen LogP contribution in [0.25, 0.3) is 10.9 Å². The molecule has 78 valence electrons. The molecule has 0 bridgehead atoms. The highest BCUT2D eigenvalue weighted by atomic mass is 14.7. The van der Waals surface area contributed by atoms with Gasteiger partial charge in [-0.2, -0.15) is 0 Å². The van der Waals surface area contributed by atoms with E-state index < -0.39 is 0 Å². The molecule has 0 atom stereocenters. The van der Waals surface area contributed by atoms with Crippen LogP contribution in [0.3, 0.4) is 0 Å². The van der Waals surface area contributed by atoms with Gasteiger partial charge < -0.3 is 4.98 Å². The molecule has 0 amide bonds. The molecule has 0 aliphatic heterocycles. The van der Waals surface area contributed by atoms with Crippen LogP contribution in [0, 0.1) is 5.92 Å². The van der Waals surface area contributed by atoms with E-state index in [4.69, 9.17) is 0 Å². The fourth-order valence-corrected chi connectivity index (χ4v) is 2.33. The molecule has 1 heteroatoms. The minimum absolute atomic E-state index is 1.07. The predicted octanol–water partition coefficient (Wildman–Crippen LogP) is 3.90. The Labute approximate surface area is 90.5 Å². The van der Waals surface area contributed by atoms with Gasteiger partial charge in [0.05, 0.1) is 0 Å². The molecule has 1 saturated carbocycles. The van der Waals surface area contributed by atoms with Gasteiger partial charge in [0, 0.05) is 17.1 Å². The summed E-state index contributed by atoms with van der Waals surface area (Å²) >= 11 is 0. The van der Waals surface area contributed by atoms with Crippen LogP contribution in [0.4, 0.5) is 0 Å². The number of benzene rings is 1. The Hall–Kier alpha value is -1.24. The molecule has 0 unspecified atom stereocenters. The number of hydrogen-bond acceptors (Lipinski definition) is 0. The van der Waals surface area contributed by atoms with E-state index in [1.54, 1.807) is 0 Å². The summed E-state index contributed by atoms with van der Waals surface area (Å²) in [5.74, 6) is 1.07. The molecular formula is C14H17N. The van der Waals surface area contributed by atoms with Gasteiger partial charge >= 0.3 is 0 Å². The van der Waals surface area contributed by atoms with Gasteiger partial charge in [0.25, 0.3) is 0 Å². The van der Waals surface area contributed by atoms with Crippen molar-refractivity contribution in [1.29, 1.82) is 0 Å². The standard InChI is InChI=1S/C14H17N/c1-2-7-14-13(6-1)12(10-15-14)5-3-4-11-8-9-11/h1-2,6-7,10-11,15H,3-5,8-9H2. The van der Waals surface area contributed by atoms with Crippen molar-refractivity contribution in [2.75, 3.05) is 0 Å². The van der Waals surface area contributed by atoms with Crippen LogP contribution in [-0.4, -0.2) is 4.98 Å². The van der Waals surface area contributed by atoms with Gasteiger partial charge in [0.2, 0.25) is 0 Å². The summed E-state index contributed by atoms with van der Waals surface area (Å²) in [5.41, 5.74) is 2.77. The Balaban J connectivity index is 1.72. The third-order valence-corrected chi connectivity index (χ3v) is 3.43. The van der Waals surface area contributed by atoms with Crippen LogP contribution in [0.1, 0.15) is 31.2 Å². The van der Waals surface area contributed by atoms with Crippen molar-refractivity contribution in [1.82, 2.24) is 4.98 Å². The molecule has 3 rings (SSSR count). The van der Waals surface area contributed by atoms with Gasteiger partial charge in [-0.15, -0.1) is 0 Å². The van der Waals surface area contributed by atoms with Crippen LogP contribution >= 0.6 is 0 Å². The average molecular weight is 199 g/mol. The number of nitrogens with one attached hydrogen (secondary N) is 1. The maximum absolute atomic E-state index is 3.34. The van der Waals surface area contributed by atoms with Crippen molar-refractivity contribution in [2.45, 2.75) is 32.1 Å². The molecule has 15 heavy (non-hydrogen) atoms. The summed E-state index contributed by atoms with van der Waals surface area (Å²) in [6.45, 7) is 0. The monoisotopic (exact) mass is 199 g/mol. The van der Waals surface area contributed by atoms with Crippen LogP contribution in [0.2, 0.25) is 0 Å². The largest absolute Gasteiger partial charge is 0.361 e. The second-order valence-electron chi connectivity index (χ2n) is 4.70. The van der Waals surface area contributed by atoms with E-state index in [9.17, 15) is 0 Å². The number of H-pyrrole nitrogens is 1. The summed E-state index contributed by atoms with van der Waals surface area (Å²) < 4.78 is 0. The highest BCUT2D eigenvalue weighted by molar-refractivity contribution is 5.82. The van der Waals surface area contributed by atoms with Crippen LogP contribution in [-0.2, 0) is 6.42 Å². The van der Waals surface area contributed by atoms with Crippen LogP contribution in [0.15, 0.2) is 30.5 Å². The fraction of sp³-hybridized carbons (Fsp3) is 0.429. The van der Waals surface area contributed by atoms with Gasteiger partial charge in [-0.3, -0.25) is 0 Å². The first-order valence-electron chi connectivity index (χ1n) is 5.98. The first-order chi connectivity index (χ1) is 7.43. The van der Waals surface area contributed by atoms with Crippen molar-refractivity contribution in [3.63, 3.8) is 0 Å². The molecule has 0 spiro atoms. The molecule has 1 aromatic heterocycles. The van der Waals surface area contributed by atoms with E-state index in [1.165, 1.54) is 48.6 Å². The molecular weight excluding hydrogens is 182 g/mol. The summed E-state index contributed by atoms with van der Waals surface area (Å²) in [6, 6.07) is 8.59. The number of hydrogen-bond donors (Lipinski definition) is 1. The highest BCUT2D eigenvalue weighted by Crippen LogP contribution is 2.34. The molecule has 1 aliphatic carbocycles. The lowest BCUT2D eigenvalue weighted by Crippen LogP contribution is -1.84. The number of para-hydroxylation sites is 1. The number of aromatic nitrogens is 1. The van der Waals surface area contributed by atoms with Gasteiger partial charge in [0.1, 0.15) is 0 Å². The number of fused-ring (bicyclic) bond motifs is 1. The molecule has 1 heterocycles. The van der Waals surface area contributed by atoms with Gasteiger partial charge in [0.15, 0.2) is 0 Å². The Kier molecular flexibility index (Phi) is 2.24. The van der Waals surface area contributed by atoms with Crippen LogP contribution in [0.5, 0.6) is 0 Å². The molecule has 1 aliphatic rings. The van der Waals surface area contributed by atoms with Crippen molar-refractivity contribution < 1.29 is 0 Å². The molecule has 2 aromatic rings. The first kappa shape index (κ1) is 9.02. The summed E-state index contributed by atoms with van der Waals surface area (Å²) in [6.07, 6.45) is 9.16. The Morgan fingerprint density at radius 3 is 2.93 bits per heavy atom. The number of aromatic amines is 1. The molecule has 1 N–H and O–H groups in total. The molecule has 0 saturated heterocycles. The van der Waals surface area contributed by atoms with Crippen molar-refractivity contribution in [2.24, 2.45) is 5.92 Å². The lowest BCUT2D eigenvalue weighted by molar-refractivity contribution is 0.668. The molecule has 1 fully saturated rings. The molecule has 1 aromatic carbocycles. The fourth-order valence-electron chi connectivity index (χ4n) is 2.33. The van der Waals surface area contributed by atoms with E-state index in [1.807, 2.05) is 0 Å². The maximum atomic E-state index is 3.34. The predicted molar refractivity (Wildman–Crippen MR) is 64.0 cm³/mol. The Morgan fingerprint density at radius 1 is 1.20 bits per heavy atom. The van der Waals surface area contributed by atoms with Gasteiger partial charge in [-0.1, -0.05) is 37.5 Å². The Bertz CT molecular complexity index is 451. The average Bonchev–Trinajstić information content (AvgIpc) is 3.00. The summed E-state index contributed by atoms with van der Waals surface area (Å²) in [4.78, 5) is 3.34. The van der Waals surface area contributed by atoms with E-state index in [0.29, 0.717) is 0 Å². The SMILES string of the molecule is c1ccc2c(CCCC3CC3)c[nH]c2c1. The quantitative estimate of drug-likeness (QED) is 0.768. The van der Waals surface area contributed by atoms with Crippen molar-refractivity contribution >= 4 is 10.9 Å². The summed E-state index contributed by atoms with van der Waals surface area (Å²) in [5, 5.41) is 1.41. The van der Waals surface area contributed by atoms with Crippen LogP contribution < -0.4 is 0 Å². The third-order valence-electron chi connectivity index (χ3n) is 3.43. The molecule has 1 nitrogen and oxygen atoms in total. The third kappa shape index (κ3) is 1.92. The number of rotatable bonds is 4. The van der Waals surface area contributed by atoms with E-state index in [2.05, 4.69) is 35.4 Å². The molecule has 0 radical (unpaired) electrons. The zero-order valence-electron chi connectivity index (χ0n) is 9.00. The van der Waals surface area contributed by atoms with Gasteiger partial charge in [-0.25, -0.2) is 0 Å². The van der Waals surface area contributed by atoms with E-state index in [-0.39, 0.29) is 0 Å². The normalized spacial score (nSPS) is 16.0. The van der Waals surface area contributed by atoms with Crippen molar-refractivity contribution in [3.05, 3.63) is 36.0 Å². The van der Waals surface area contributed by atoms with Crippen molar-refractivity contribution in [3.8, 4) is 0 Å². The lowest BCUT2D eigenvalue weighted by atomic mass is 10.1. The second kappa shape index (κ2) is 3.73. The van der Waals surface area contributed by atoms with Gasteiger partial charge in [-0.05, 0) is 30.4 Å². The smallest absolute Gasteiger partial charge is 0.0456 e. The lowest BCUT2D eigenvalue weighted by Gasteiger charge is -1.98. The zero-order valence-corrected chi connectivity index (χ0v) is 9.00. The second-order valence-corrected chi connectivity index (χ2v) is 4.70. The Morgan fingerprint density at radius 2 is 2.07 bits per heavy atom. The first-order valence-corrected chi connectivity index (χ1v) is 5.98. The zero-order chi connectivity index (χ0) is 10.1. The highest BCUT2D eigenvalue weighted by Gasteiger charge is 2.20. The maximum Gasteiger partial charge on any atom is 0.0456 e. The van der Waals surface area contributed by atoms with E-state index >= 15 is 0 Å². The number of aryl methyl sites for hydroxylation is 1. The summed E-state index contributed by atoms with van der Waals surface area (Å²) in [7, 11) is 0. The minimum atomic E-state index is 1.07.